The lowest BCUT2D eigenvalue weighted by Gasteiger charge is -2.32. The third kappa shape index (κ3) is 5.17. The van der Waals surface area contributed by atoms with E-state index < -0.39 is 5.76 Å². The second-order valence-corrected chi connectivity index (χ2v) is 10.8. The Kier molecular flexibility index (Phi) is 6.88. The van der Waals surface area contributed by atoms with Crippen molar-refractivity contribution in [3.63, 3.8) is 0 Å². The van der Waals surface area contributed by atoms with Crippen molar-refractivity contribution in [1.82, 2.24) is 40.0 Å². The molecule has 13 nitrogen and oxygen atoms in total. The smallest absolute Gasteiger partial charge is 0.365 e. The summed E-state index contributed by atoms with van der Waals surface area (Å²) in [5.74, 6) is 2.72. The second-order valence-electron chi connectivity index (χ2n) is 10.8. The van der Waals surface area contributed by atoms with Gasteiger partial charge in [0.2, 0.25) is 17.6 Å². The molecular weight excluding hydrogens is 500 g/mol. The fourth-order valence-corrected chi connectivity index (χ4v) is 5.59. The first-order valence-corrected chi connectivity index (χ1v) is 13.7. The van der Waals surface area contributed by atoms with Gasteiger partial charge in [-0.3, -0.25) is 9.51 Å². The number of H-pyrrole nitrogens is 1. The number of allylic oxidation sites excluding steroid dienone is 1. The zero-order chi connectivity index (χ0) is 26.9. The Labute approximate surface area is 224 Å². The molecule has 2 saturated carbocycles. The van der Waals surface area contributed by atoms with E-state index in [9.17, 15) is 4.79 Å². The average Bonchev–Trinajstić information content (AvgIpc) is 3.60. The highest BCUT2D eigenvalue weighted by molar-refractivity contribution is 5.87. The molecule has 2 aliphatic carbocycles. The Morgan fingerprint density at radius 1 is 1.13 bits per heavy atom. The Balaban J connectivity index is 1.42. The minimum atomic E-state index is -0.661. The molecule has 1 atom stereocenters. The highest BCUT2D eigenvalue weighted by atomic mass is 16.6. The minimum Gasteiger partial charge on any atom is -0.365 e. The molecule has 3 N–H and O–H groups in total. The van der Waals surface area contributed by atoms with E-state index in [2.05, 4.69) is 55.2 Å². The van der Waals surface area contributed by atoms with Gasteiger partial charge in [0, 0.05) is 12.6 Å². The van der Waals surface area contributed by atoms with Crippen molar-refractivity contribution in [2.24, 2.45) is 17.8 Å². The molecule has 206 valence electrons. The number of nitrogens with one attached hydrogen (secondary N) is 3. The van der Waals surface area contributed by atoms with Gasteiger partial charge in [0.05, 0.1) is 6.54 Å². The molecule has 4 aromatic heterocycles. The van der Waals surface area contributed by atoms with Crippen LogP contribution in [0.25, 0.3) is 22.8 Å². The predicted octanol–water partition coefficient (Wildman–Crippen LogP) is 4.07. The molecule has 39 heavy (non-hydrogen) atoms. The summed E-state index contributed by atoms with van der Waals surface area (Å²) >= 11 is 0. The third-order valence-electron chi connectivity index (χ3n) is 8.30. The lowest BCUT2D eigenvalue weighted by atomic mass is 9.80. The van der Waals surface area contributed by atoms with Gasteiger partial charge in [0.15, 0.2) is 11.5 Å². The largest absolute Gasteiger partial charge is 0.439 e. The van der Waals surface area contributed by atoms with Gasteiger partial charge in [-0.2, -0.15) is 4.98 Å². The Morgan fingerprint density at radius 2 is 1.95 bits per heavy atom. The molecular formula is C26H34N10O3. The number of nitrogens with zero attached hydrogens (tertiary/aromatic N) is 7. The minimum absolute atomic E-state index is 0.164. The molecule has 4 aromatic rings. The number of aromatic nitrogens is 8. The zero-order valence-corrected chi connectivity index (χ0v) is 22.3. The molecule has 0 amide bonds. The maximum atomic E-state index is 11.7. The number of aryl methyl sites for hydroxylation is 1. The molecule has 2 aliphatic rings. The van der Waals surface area contributed by atoms with E-state index in [4.69, 9.17) is 24.1 Å². The molecule has 13 heteroatoms. The van der Waals surface area contributed by atoms with Crippen molar-refractivity contribution in [3.05, 3.63) is 34.6 Å². The molecule has 0 spiro atoms. The summed E-state index contributed by atoms with van der Waals surface area (Å²) in [6, 6.07) is 0.215. The standard InChI is InChI=1S/C26H34N10O3/c1-4-16-8-10-17(11-9-16)13-36-20-21(28-14(2)18-6-5-7-18)29-23(24-32-26(37)38-35-24)30-22(20)31-25(36)27-12-19-15(3)33-39-34-19/h4,14,16-18H,1,5-13H2,2-3H3,(H,32,35,37)(H2,27,28,29,30,31)/t14-,16?,17?/m1/s1. The van der Waals surface area contributed by atoms with Crippen LogP contribution in [0.4, 0.5) is 11.8 Å². The Hall–Kier alpha value is -4.03. The summed E-state index contributed by atoms with van der Waals surface area (Å²) in [4.78, 5) is 28.6. The summed E-state index contributed by atoms with van der Waals surface area (Å²) in [6.45, 7) is 9.21. The molecule has 0 radical (unpaired) electrons. The van der Waals surface area contributed by atoms with Crippen molar-refractivity contribution in [3.8, 4) is 11.6 Å². The maximum Gasteiger partial charge on any atom is 0.439 e. The molecule has 4 heterocycles. The zero-order valence-electron chi connectivity index (χ0n) is 22.3. The van der Waals surface area contributed by atoms with Crippen molar-refractivity contribution < 1.29 is 9.15 Å². The number of anilines is 2. The topological polar surface area (TPSA) is 165 Å². The molecule has 0 saturated heterocycles. The van der Waals surface area contributed by atoms with E-state index in [-0.39, 0.29) is 17.7 Å². The van der Waals surface area contributed by atoms with E-state index in [1.54, 1.807) is 0 Å². The lowest BCUT2D eigenvalue weighted by molar-refractivity contribution is 0.283. The molecule has 0 aliphatic heterocycles. The number of rotatable bonds is 10. The van der Waals surface area contributed by atoms with Gasteiger partial charge in [-0.05, 0) is 70.1 Å². The van der Waals surface area contributed by atoms with Crippen molar-refractivity contribution in [2.75, 3.05) is 10.6 Å². The van der Waals surface area contributed by atoms with Crippen LogP contribution < -0.4 is 16.4 Å². The van der Waals surface area contributed by atoms with E-state index >= 15 is 0 Å². The van der Waals surface area contributed by atoms with Crippen LogP contribution in [0.2, 0.25) is 0 Å². The Morgan fingerprint density at radius 3 is 2.59 bits per heavy atom. The molecule has 0 unspecified atom stereocenters. The average molecular weight is 535 g/mol. The SMILES string of the molecule is C=CC1CCC(Cn2c(NCc3nonc3C)nc3nc(-c4noc(=O)[nH]4)nc(N[C@H](C)C4CCC4)c32)CC1. The molecule has 6 rings (SSSR count). The quantitative estimate of drug-likeness (QED) is 0.251. The Bertz CT molecular complexity index is 1510. The van der Waals surface area contributed by atoms with Crippen molar-refractivity contribution in [2.45, 2.75) is 77.9 Å². The normalized spacial score (nSPS) is 20.6. The van der Waals surface area contributed by atoms with Gasteiger partial charge in [-0.1, -0.05) is 28.0 Å². The second kappa shape index (κ2) is 10.6. The first-order valence-electron chi connectivity index (χ1n) is 13.7. The lowest BCUT2D eigenvalue weighted by Crippen LogP contribution is -2.31. The number of hydrogen-bond acceptors (Lipinski definition) is 11. The van der Waals surface area contributed by atoms with E-state index in [0.29, 0.717) is 47.4 Å². The van der Waals surface area contributed by atoms with Gasteiger partial charge < -0.3 is 15.2 Å². The fraction of sp³-hybridized carbons (Fsp3) is 0.577. The first kappa shape index (κ1) is 25.3. The highest BCUT2D eigenvalue weighted by Gasteiger charge is 2.28. The van der Waals surface area contributed by atoms with Gasteiger partial charge in [-0.15, -0.1) is 6.58 Å². The van der Waals surface area contributed by atoms with Gasteiger partial charge in [0.1, 0.15) is 16.9 Å². The summed E-state index contributed by atoms with van der Waals surface area (Å²) in [6.07, 6.45) is 10.2. The molecule has 0 bridgehead atoms. The van der Waals surface area contributed by atoms with Crippen LogP contribution in [0.3, 0.4) is 0 Å². The summed E-state index contributed by atoms with van der Waals surface area (Å²) < 4.78 is 11.8. The molecule has 0 aromatic carbocycles. The maximum absolute atomic E-state index is 11.7. The van der Waals surface area contributed by atoms with Crippen LogP contribution in [0.1, 0.15) is 63.3 Å². The van der Waals surface area contributed by atoms with E-state index in [1.165, 1.54) is 19.3 Å². The summed E-state index contributed by atoms with van der Waals surface area (Å²) in [7, 11) is 0. The first-order chi connectivity index (χ1) is 19.0. The van der Waals surface area contributed by atoms with Crippen LogP contribution in [0.5, 0.6) is 0 Å². The third-order valence-corrected chi connectivity index (χ3v) is 8.30. The van der Waals surface area contributed by atoms with E-state index in [1.807, 2.05) is 6.92 Å². The van der Waals surface area contributed by atoms with Crippen LogP contribution in [-0.2, 0) is 13.1 Å². The monoisotopic (exact) mass is 534 g/mol. The number of hydrogen-bond donors (Lipinski definition) is 3. The van der Waals surface area contributed by atoms with Crippen LogP contribution in [-0.4, -0.2) is 46.0 Å². The highest BCUT2D eigenvalue weighted by Crippen LogP contribution is 2.36. The van der Waals surface area contributed by atoms with Crippen LogP contribution in [0.15, 0.2) is 26.6 Å². The van der Waals surface area contributed by atoms with Crippen LogP contribution in [0, 0.1) is 24.7 Å². The summed E-state index contributed by atoms with van der Waals surface area (Å²) in [5.41, 5.74) is 2.76. The van der Waals surface area contributed by atoms with Crippen molar-refractivity contribution >= 4 is 22.9 Å². The fourth-order valence-electron chi connectivity index (χ4n) is 5.59. The molecule has 2 fully saturated rings. The van der Waals surface area contributed by atoms with Crippen LogP contribution >= 0.6 is 0 Å². The van der Waals surface area contributed by atoms with Gasteiger partial charge >= 0.3 is 5.76 Å². The van der Waals surface area contributed by atoms with Gasteiger partial charge in [0.25, 0.3) is 0 Å². The van der Waals surface area contributed by atoms with E-state index in [0.717, 1.165) is 43.4 Å². The summed E-state index contributed by atoms with van der Waals surface area (Å²) in [5, 5.41) is 18.8. The number of imidazole rings is 1. The number of aromatic amines is 1. The number of fused-ring (bicyclic) bond motifs is 1. The van der Waals surface area contributed by atoms with Crippen molar-refractivity contribution in [1.29, 1.82) is 0 Å². The van der Waals surface area contributed by atoms with Gasteiger partial charge in [-0.25, -0.2) is 19.4 Å². The predicted molar refractivity (Wildman–Crippen MR) is 144 cm³/mol.